The average molecular weight is 506 g/mol. The predicted octanol–water partition coefficient (Wildman–Crippen LogP) is 4.04. The molecule has 5 aromatic rings. The van der Waals surface area contributed by atoms with Crippen LogP contribution >= 0.6 is 0 Å². The molecule has 3 heterocycles. The number of fused-ring (bicyclic) bond motifs is 1. The van der Waals surface area contributed by atoms with E-state index < -0.39 is 0 Å². The number of aromatic amines is 1. The zero-order chi connectivity index (χ0) is 25.9. The lowest BCUT2D eigenvalue weighted by atomic mass is 10.0. The van der Waals surface area contributed by atoms with Crippen molar-refractivity contribution >= 4 is 16.6 Å². The zero-order valence-electron chi connectivity index (χ0n) is 21.5. The number of pyridine rings is 1. The fourth-order valence-electron chi connectivity index (χ4n) is 5.35. The number of anilines is 1. The van der Waals surface area contributed by atoms with Gasteiger partial charge in [0.15, 0.2) is 5.82 Å². The van der Waals surface area contributed by atoms with Crippen molar-refractivity contribution in [3.63, 3.8) is 0 Å². The van der Waals surface area contributed by atoms with Gasteiger partial charge in [0.05, 0.1) is 6.54 Å². The van der Waals surface area contributed by atoms with E-state index in [-0.39, 0.29) is 11.6 Å². The Labute approximate surface area is 221 Å². The number of hydrogen-bond donors (Lipinski definition) is 1. The van der Waals surface area contributed by atoms with Crippen molar-refractivity contribution < 1.29 is 0 Å². The number of H-pyrrole nitrogens is 1. The highest BCUT2D eigenvalue weighted by atomic mass is 16.1. The largest absolute Gasteiger partial charge is 0.369 e. The quantitative estimate of drug-likeness (QED) is 0.360. The van der Waals surface area contributed by atoms with Crippen molar-refractivity contribution in [2.45, 2.75) is 25.9 Å². The van der Waals surface area contributed by atoms with Crippen LogP contribution in [0.5, 0.6) is 0 Å². The smallest absolute Gasteiger partial charge is 0.253 e. The van der Waals surface area contributed by atoms with E-state index >= 15 is 0 Å². The van der Waals surface area contributed by atoms with Crippen molar-refractivity contribution in [3.8, 4) is 0 Å². The number of hydrogen-bond acceptors (Lipinski definition) is 6. The first-order chi connectivity index (χ1) is 18.7. The lowest BCUT2D eigenvalue weighted by molar-refractivity contribution is 0.200. The van der Waals surface area contributed by atoms with Crippen molar-refractivity contribution in [1.29, 1.82) is 0 Å². The highest BCUT2D eigenvalue weighted by Crippen LogP contribution is 2.29. The minimum absolute atomic E-state index is 0.105. The summed E-state index contributed by atoms with van der Waals surface area (Å²) in [5, 5.41) is 13.9. The molecular weight excluding hydrogens is 474 g/mol. The summed E-state index contributed by atoms with van der Waals surface area (Å²) in [4.78, 5) is 21.4. The van der Waals surface area contributed by atoms with Gasteiger partial charge in [0.25, 0.3) is 5.56 Å². The monoisotopic (exact) mass is 505 g/mol. The Morgan fingerprint density at radius 1 is 0.868 bits per heavy atom. The molecule has 1 fully saturated rings. The highest BCUT2D eigenvalue weighted by molar-refractivity contribution is 5.80. The van der Waals surface area contributed by atoms with Crippen LogP contribution in [-0.4, -0.2) is 56.3 Å². The molecule has 0 radical (unpaired) electrons. The van der Waals surface area contributed by atoms with Gasteiger partial charge in [0.2, 0.25) is 0 Å². The third-order valence-electron chi connectivity index (χ3n) is 7.42. The average Bonchev–Trinajstić information content (AvgIpc) is 3.42. The second-order valence-corrected chi connectivity index (χ2v) is 9.77. The van der Waals surface area contributed by atoms with E-state index in [1.807, 2.05) is 41.1 Å². The van der Waals surface area contributed by atoms with Gasteiger partial charge in [0.1, 0.15) is 6.04 Å². The van der Waals surface area contributed by atoms with E-state index in [1.54, 1.807) is 0 Å². The van der Waals surface area contributed by atoms with Crippen LogP contribution < -0.4 is 10.5 Å². The summed E-state index contributed by atoms with van der Waals surface area (Å²) in [6, 6.07) is 28.5. The van der Waals surface area contributed by atoms with Crippen molar-refractivity contribution in [2.75, 3.05) is 31.1 Å². The molecule has 38 heavy (non-hydrogen) atoms. The van der Waals surface area contributed by atoms with Gasteiger partial charge in [-0.3, -0.25) is 9.69 Å². The number of rotatable bonds is 7. The molecule has 0 spiro atoms. The van der Waals surface area contributed by atoms with Crippen LogP contribution in [0.25, 0.3) is 10.9 Å². The van der Waals surface area contributed by atoms with E-state index in [0.717, 1.165) is 49.1 Å². The summed E-state index contributed by atoms with van der Waals surface area (Å²) >= 11 is 0. The first-order valence-electron chi connectivity index (χ1n) is 13.2. The first-order valence-corrected chi connectivity index (χ1v) is 13.2. The Morgan fingerprint density at radius 2 is 1.61 bits per heavy atom. The van der Waals surface area contributed by atoms with E-state index in [9.17, 15) is 4.79 Å². The minimum atomic E-state index is -0.370. The van der Waals surface area contributed by atoms with Gasteiger partial charge in [-0.25, -0.2) is 4.68 Å². The van der Waals surface area contributed by atoms with Gasteiger partial charge < -0.3 is 9.88 Å². The number of nitrogens with zero attached hydrogens (tertiary/aromatic N) is 6. The minimum Gasteiger partial charge on any atom is -0.369 e. The Bertz CT molecular complexity index is 1570. The molecule has 1 aliphatic rings. The van der Waals surface area contributed by atoms with E-state index in [1.165, 1.54) is 11.3 Å². The molecule has 0 saturated carbocycles. The molecule has 1 N–H and O–H groups in total. The number of aryl methyl sites for hydroxylation is 1. The number of benzene rings is 3. The second-order valence-electron chi connectivity index (χ2n) is 9.77. The van der Waals surface area contributed by atoms with Crippen molar-refractivity contribution in [1.82, 2.24) is 30.1 Å². The van der Waals surface area contributed by atoms with E-state index in [0.29, 0.717) is 17.9 Å². The standard InChI is InChI=1S/C30H31N7O/c1-2-22-13-14-27-24(19-22)20-26(30(38)31-27)28(29-32-33-34-37(29)21-23-9-5-3-6-10-23)36-17-15-35(16-18-36)25-11-7-4-8-12-25/h3-14,19-20,28H,2,15-18,21H2,1H3,(H,31,38)/t28-/m0/s1. The van der Waals surface area contributed by atoms with Crippen molar-refractivity contribution in [3.05, 3.63) is 118 Å². The summed E-state index contributed by atoms with van der Waals surface area (Å²) < 4.78 is 1.83. The topological polar surface area (TPSA) is 82.9 Å². The fraction of sp³-hybridized carbons (Fsp3) is 0.267. The summed E-state index contributed by atoms with van der Waals surface area (Å²) in [6.07, 6.45) is 0.935. The molecule has 1 atom stereocenters. The lowest BCUT2D eigenvalue weighted by Crippen LogP contribution is -2.49. The van der Waals surface area contributed by atoms with Crippen LogP contribution in [-0.2, 0) is 13.0 Å². The maximum atomic E-state index is 13.6. The number of nitrogens with one attached hydrogen (secondary N) is 1. The summed E-state index contributed by atoms with van der Waals surface area (Å²) in [7, 11) is 0. The molecule has 0 unspecified atom stereocenters. The van der Waals surface area contributed by atoms with Crippen molar-refractivity contribution in [2.24, 2.45) is 0 Å². The number of para-hydroxylation sites is 1. The van der Waals surface area contributed by atoms with Crippen LogP contribution in [0.3, 0.4) is 0 Å². The normalized spacial score (nSPS) is 15.1. The molecule has 0 bridgehead atoms. The molecule has 192 valence electrons. The molecule has 2 aromatic heterocycles. The van der Waals surface area contributed by atoms with Crippen LogP contribution in [0.15, 0.2) is 89.7 Å². The summed E-state index contributed by atoms with van der Waals surface area (Å²) in [6.45, 7) is 5.95. The molecule has 1 saturated heterocycles. The molecular formula is C30H31N7O. The second kappa shape index (κ2) is 10.6. The van der Waals surface area contributed by atoms with Crippen LogP contribution in [0.2, 0.25) is 0 Å². The Kier molecular flexibility index (Phi) is 6.71. The molecule has 3 aromatic carbocycles. The van der Waals surface area contributed by atoms with Gasteiger partial charge >= 0.3 is 0 Å². The Morgan fingerprint density at radius 3 is 2.34 bits per heavy atom. The maximum Gasteiger partial charge on any atom is 0.253 e. The van der Waals surface area contributed by atoms with Crippen LogP contribution in [0.4, 0.5) is 5.69 Å². The maximum absolute atomic E-state index is 13.6. The lowest BCUT2D eigenvalue weighted by Gasteiger charge is -2.39. The van der Waals surface area contributed by atoms with Gasteiger partial charge in [-0.15, -0.1) is 5.10 Å². The summed E-state index contributed by atoms with van der Waals surface area (Å²) in [5.74, 6) is 0.679. The summed E-state index contributed by atoms with van der Waals surface area (Å²) in [5.41, 5.74) is 4.96. The van der Waals surface area contributed by atoms with Gasteiger partial charge in [0, 0.05) is 42.9 Å². The van der Waals surface area contributed by atoms with Gasteiger partial charge in [-0.1, -0.05) is 61.5 Å². The third kappa shape index (κ3) is 4.82. The molecule has 0 amide bonds. The van der Waals surface area contributed by atoms with Gasteiger partial charge in [-0.2, -0.15) is 0 Å². The predicted molar refractivity (Wildman–Crippen MR) is 149 cm³/mol. The van der Waals surface area contributed by atoms with E-state index in [4.69, 9.17) is 0 Å². The zero-order valence-corrected chi connectivity index (χ0v) is 21.5. The molecule has 8 nitrogen and oxygen atoms in total. The number of piperazine rings is 1. The number of aromatic nitrogens is 5. The molecule has 0 aliphatic carbocycles. The van der Waals surface area contributed by atoms with E-state index in [2.05, 4.69) is 85.8 Å². The van der Waals surface area contributed by atoms with Gasteiger partial charge in [-0.05, 0) is 63.7 Å². The van der Waals surface area contributed by atoms with Crippen LogP contribution in [0, 0.1) is 0 Å². The molecule has 6 rings (SSSR count). The highest BCUT2D eigenvalue weighted by Gasteiger charge is 2.32. The van der Waals surface area contributed by atoms with Crippen LogP contribution in [0.1, 0.15) is 35.5 Å². The third-order valence-corrected chi connectivity index (χ3v) is 7.42. The Balaban J connectivity index is 1.40. The number of tetrazole rings is 1. The first kappa shape index (κ1) is 24.1. The fourth-order valence-corrected chi connectivity index (χ4v) is 5.35. The Hall–Kier alpha value is -4.30. The SMILES string of the molecule is CCc1ccc2[nH]c(=O)c([C@@H](c3nnnn3Cc3ccccc3)N3CCN(c4ccccc4)CC3)cc2c1. The molecule has 1 aliphatic heterocycles. The molecule has 8 heteroatoms.